The van der Waals surface area contributed by atoms with Crippen molar-refractivity contribution in [3.63, 3.8) is 0 Å². The van der Waals surface area contributed by atoms with Crippen molar-refractivity contribution in [2.45, 2.75) is 65.7 Å². The van der Waals surface area contributed by atoms with E-state index in [1.165, 1.54) is 0 Å². The van der Waals surface area contributed by atoms with Gasteiger partial charge in [-0.05, 0) is 11.6 Å². The zero-order chi connectivity index (χ0) is 28.2. The lowest BCUT2D eigenvalue weighted by molar-refractivity contribution is -0.462. The molecule has 1 atom stereocenters. The second kappa shape index (κ2) is 8.77. The summed E-state index contributed by atoms with van der Waals surface area (Å²) >= 11 is 4.06. The van der Waals surface area contributed by atoms with E-state index in [1.807, 2.05) is 0 Å². The Bertz CT molecular complexity index is 709. The van der Waals surface area contributed by atoms with E-state index >= 15 is 0 Å². The van der Waals surface area contributed by atoms with Crippen molar-refractivity contribution < 1.29 is 93.3 Å². The zero-order valence-corrected chi connectivity index (χ0v) is 15.7. The lowest BCUT2D eigenvalue weighted by Crippen LogP contribution is -2.74. The van der Waals surface area contributed by atoms with Gasteiger partial charge in [-0.15, -0.1) is 0 Å². The second-order valence-corrected chi connectivity index (χ2v) is 6.67. The van der Waals surface area contributed by atoms with E-state index in [-0.39, 0.29) is 0 Å². The van der Waals surface area contributed by atoms with Gasteiger partial charge in [0.25, 0.3) is 0 Å². The number of halogens is 20. The molecule has 0 aliphatic rings. The zero-order valence-electron chi connectivity index (χ0n) is 14.9. The molecular weight excluding hydrogens is 573 g/mol. The maximum Gasteiger partial charge on any atom is 0.460 e. The molecule has 0 radical (unpaired) electrons. The first-order chi connectivity index (χ1) is 14.4. The number of hydrogen-bond donors (Lipinski definition) is 1. The summed E-state index contributed by atoms with van der Waals surface area (Å²) in [6.07, 6.45) is -14.6. The van der Waals surface area contributed by atoms with Gasteiger partial charge in [-0.3, -0.25) is 0 Å². The van der Waals surface area contributed by atoms with E-state index in [9.17, 15) is 83.4 Å². The highest BCUT2D eigenvalue weighted by molar-refractivity contribution is 6.21. The average Bonchev–Trinajstić information content (AvgIpc) is 2.58. The fourth-order valence-electron chi connectivity index (χ4n) is 1.75. The summed E-state index contributed by atoms with van der Waals surface area (Å²) in [6, 6.07) is 0. The van der Waals surface area contributed by atoms with Crippen LogP contribution in [0.25, 0.3) is 0 Å². The fourth-order valence-corrected chi connectivity index (χ4v) is 1.81. The first-order valence-corrected chi connectivity index (χ1v) is 7.83. The number of aliphatic hydroxyl groups excluding tert-OH is 1. The van der Waals surface area contributed by atoms with Crippen LogP contribution in [0.4, 0.5) is 83.4 Å². The summed E-state index contributed by atoms with van der Waals surface area (Å²) in [5.41, 5.74) is 0. The molecule has 34 heavy (non-hydrogen) atoms. The van der Waals surface area contributed by atoms with Crippen LogP contribution in [0.3, 0.4) is 0 Å². The topological polar surface area (TPSA) is 29.5 Å². The molecule has 1 N–H and O–H groups in total. The maximum atomic E-state index is 13.4. The highest BCUT2D eigenvalue weighted by atomic mass is 35.5. The minimum absolute atomic E-state index is 2.41. The van der Waals surface area contributed by atoms with E-state index < -0.39 is 72.3 Å². The quantitative estimate of drug-likeness (QED) is 0.171. The van der Waals surface area contributed by atoms with Crippen LogP contribution in [-0.2, 0) is 4.74 Å². The highest BCUT2D eigenvalue weighted by Crippen LogP contribution is 2.64. The minimum atomic E-state index is -8.77. The Balaban J connectivity index is 6.30. The standard InChI is InChI=1S/C12H6ClF19O2/c13-5(16,17)3(33)34-2-1-4(14,15)6(18,19)7(20,21)8(22,23)9(24,25)10(26,27)11(28,29)12(30,31)32/h3,33H,1-2H2. The Labute approximate surface area is 178 Å². The van der Waals surface area contributed by atoms with Crippen LogP contribution in [0.15, 0.2) is 0 Å². The molecule has 206 valence electrons. The van der Waals surface area contributed by atoms with Gasteiger partial charge in [-0.1, -0.05) is 0 Å². The van der Waals surface area contributed by atoms with Gasteiger partial charge in [-0.25, -0.2) is 0 Å². The van der Waals surface area contributed by atoms with E-state index in [2.05, 4.69) is 16.3 Å². The third-order valence-corrected chi connectivity index (χ3v) is 3.95. The number of ether oxygens (including phenoxy) is 1. The Morgan fingerprint density at radius 3 is 1.12 bits per heavy atom. The Morgan fingerprint density at radius 1 is 0.529 bits per heavy atom. The summed E-state index contributed by atoms with van der Waals surface area (Å²) < 4.78 is 248. The van der Waals surface area contributed by atoms with Crippen molar-refractivity contribution in [3.05, 3.63) is 0 Å². The second-order valence-electron chi connectivity index (χ2n) is 6.16. The molecule has 0 aliphatic carbocycles. The van der Waals surface area contributed by atoms with Crippen LogP contribution in [-0.4, -0.2) is 71.0 Å². The molecule has 0 amide bonds. The maximum absolute atomic E-state index is 13.4. The van der Waals surface area contributed by atoms with Gasteiger partial charge in [0.1, 0.15) is 0 Å². The third kappa shape index (κ3) is 4.92. The summed E-state index contributed by atoms with van der Waals surface area (Å²) in [5.74, 6) is -57.7. The molecular formula is C12H6ClF19O2. The van der Waals surface area contributed by atoms with Crippen molar-refractivity contribution in [2.75, 3.05) is 6.61 Å². The molecule has 2 nitrogen and oxygen atoms in total. The molecule has 0 aromatic carbocycles. The average molecular weight is 579 g/mol. The third-order valence-electron chi connectivity index (χ3n) is 3.76. The van der Waals surface area contributed by atoms with E-state index in [0.717, 1.165) is 0 Å². The largest absolute Gasteiger partial charge is 0.460 e. The SMILES string of the molecule is OC(OCCC(F)(F)C(F)(F)C(F)(F)C(F)(F)C(F)(F)C(F)(F)C(F)(F)C(F)(F)F)C(F)(F)Cl. The van der Waals surface area contributed by atoms with Gasteiger partial charge in [0, 0.05) is 6.42 Å². The summed E-state index contributed by atoms with van der Waals surface area (Å²) in [6.45, 7) is -2.41. The van der Waals surface area contributed by atoms with Gasteiger partial charge in [0.05, 0.1) is 6.61 Å². The Morgan fingerprint density at radius 2 is 0.824 bits per heavy atom. The number of alkyl halides is 20. The molecule has 0 spiro atoms. The van der Waals surface area contributed by atoms with E-state index in [0.29, 0.717) is 0 Å². The number of hydrogen-bond acceptors (Lipinski definition) is 2. The first-order valence-electron chi connectivity index (χ1n) is 7.45. The Kier molecular flexibility index (Phi) is 8.48. The number of aliphatic hydroxyl groups is 1. The van der Waals surface area contributed by atoms with Crippen LogP contribution >= 0.6 is 11.6 Å². The highest BCUT2D eigenvalue weighted by Gasteiger charge is 2.95. The van der Waals surface area contributed by atoms with Crippen LogP contribution in [0, 0.1) is 0 Å². The predicted octanol–water partition coefficient (Wildman–Crippen LogP) is 6.55. The molecule has 1 unspecified atom stereocenters. The van der Waals surface area contributed by atoms with Crippen LogP contribution < -0.4 is 0 Å². The fraction of sp³-hybridized carbons (Fsp3) is 1.00. The lowest BCUT2D eigenvalue weighted by atomic mass is 9.88. The van der Waals surface area contributed by atoms with Gasteiger partial charge >= 0.3 is 53.0 Å². The van der Waals surface area contributed by atoms with Crippen molar-refractivity contribution in [2.24, 2.45) is 0 Å². The van der Waals surface area contributed by atoms with Crippen LogP contribution in [0.5, 0.6) is 0 Å². The monoisotopic (exact) mass is 578 g/mol. The summed E-state index contributed by atoms with van der Waals surface area (Å²) in [4.78, 5) is 0. The Hall–Kier alpha value is -1.12. The first kappa shape index (κ1) is 32.9. The molecule has 0 saturated carbocycles. The van der Waals surface area contributed by atoms with Crippen LogP contribution in [0.1, 0.15) is 6.42 Å². The summed E-state index contributed by atoms with van der Waals surface area (Å²) in [7, 11) is 0. The van der Waals surface area contributed by atoms with Crippen molar-refractivity contribution in [1.29, 1.82) is 0 Å². The van der Waals surface area contributed by atoms with Gasteiger partial charge in [-0.2, -0.15) is 83.4 Å². The molecule has 0 aromatic rings. The molecule has 0 bridgehead atoms. The lowest BCUT2D eigenvalue weighted by Gasteiger charge is -2.42. The van der Waals surface area contributed by atoms with Gasteiger partial charge in [0.2, 0.25) is 6.29 Å². The normalized spacial score (nSPS) is 17.2. The van der Waals surface area contributed by atoms with Crippen molar-refractivity contribution in [1.82, 2.24) is 0 Å². The van der Waals surface area contributed by atoms with Crippen molar-refractivity contribution >= 4 is 11.6 Å². The predicted molar refractivity (Wildman–Crippen MR) is 68.1 cm³/mol. The minimum Gasteiger partial charge on any atom is -0.362 e. The van der Waals surface area contributed by atoms with Crippen molar-refractivity contribution in [3.8, 4) is 0 Å². The molecule has 0 saturated heterocycles. The molecule has 0 fully saturated rings. The summed E-state index contributed by atoms with van der Waals surface area (Å²) in [5, 5.41) is 3.62. The van der Waals surface area contributed by atoms with Gasteiger partial charge < -0.3 is 9.84 Å². The van der Waals surface area contributed by atoms with Gasteiger partial charge in [0.15, 0.2) is 0 Å². The molecule has 0 heterocycles. The molecule has 0 rings (SSSR count). The van der Waals surface area contributed by atoms with E-state index in [4.69, 9.17) is 5.11 Å². The smallest absolute Gasteiger partial charge is 0.362 e. The molecule has 0 aromatic heterocycles. The number of rotatable bonds is 11. The van der Waals surface area contributed by atoms with Crippen LogP contribution in [0.2, 0.25) is 0 Å². The molecule has 22 heteroatoms. The molecule has 0 aliphatic heterocycles. The van der Waals surface area contributed by atoms with E-state index in [1.54, 1.807) is 0 Å².